The maximum Gasteiger partial charge on any atom is 0.238 e. The summed E-state index contributed by atoms with van der Waals surface area (Å²) in [7, 11) is 0. The minimum atomic E-state index is -0.0265. The number of anilines is 2. The minimum Gasteiger partial charge on any atom is -0.326 e. The van der Waals surface area contributed by atoms with Crippen LogP contribution in [-0.4, -0.2) is 36.3 Å². The first-order chi connectivity index (χ1) is 14.6. The lowest BCUT2D eigenvalue weighted by Gasteiger charge is -2.30. The van der Waals surface area contributed by atoms with E-state index >= 15 is 0 Å². The van der Waals surface area contributed by atoms with E-state index in [1.165, 1.54) is 0 Å². The standard InChI is InChI=1S/C24H24BrN3O2/c25-19-7-4-8-20(15-19)26-24(30)18-11-13-28(14-12-18)16-23(29)27-22-10-3-6-17-5-1-2-9-21(17)22/h1-10,15,18H,11-14,16H2,(H,26,30)(H,27,29). The number of nitrogens with one attached hydrogen (secondary N) is 2. The van der Waals surface area contributed by atoms with Crippen molar-refractivity contribution >= 4 is 49.9 Å². The van der Waals surface area contributed by atoms with Gasteiger partial charge < -0.3 is 10.6 Å². The fourth-order valence-corrected chi connectivity index (χ4v) is 4.29. The van der Waals surface area contributed by atoms with Crippen LogP contribution in [0.5, 0.6) is 0 Å². The molecule has 30 heavy (non-hydrogen) atoms. The predicted octanol–water partition coefficient (Wildman–Crippen LogP) is 4.89. The lowest BCUT2D eigenvalue weighted by molar-refractivity contribution is -0.121. The van der Waals surface area contributed by atoms with Crippen LogP contribution in [0, 0.1) is 5.92 Å². The molecule has 2 N–H and O–H groups in total. The second kappa shape index (κ2) is 9.41. The Bertz CT molecular complexity index is 1060. The molecule has 1 fully saturated rings. The van der Waals surface area contributed by atoms with Crippen LogP contribution in [0.1, 0.15) is 12.8 Å². The van der Waals surface area contributed by atoms with Crippen LogP contribution in [0.25, 0.3) is 10.8 Å². The average Bonchev–Trinajstić information content (AvgIpc) is 2.74. The van der Waals surface area contributed by atoms with Gasteiger partial charge in [-0.3, -0.25) is 14.5 Å². The number of benzene rings is 3. The Hall–Kier alpha value is -2.70. The van der Waals surface area contributed by atoms with Gasteiger partial charge in [-0.2, -0.15) is 0 Å². The number of amides is 2. The molecule has 3 aromatic rings. The summed E-state index contributed by atoms with van der Waals surface area (Å²) < 4.78 is 0.937. The van der Waals surface area contributed by atoms with Gasteiger partial charge >= 0.3 is 0 Å². The van der Waals surface area contributed by atoms with Gasteiger partial charge in [-0.05, 0) is 55.6 Å². The number of likely N-dealkylation sites (tertiary alicyclic amines) is 1. The van der Waals surface area contributed by atoms with Crippen molar-refractivity contribution in [3.05, 3.63) is 71.2 Å². The molecule has 1 aliphatic heterocycles. The number of piperidine rings is 1. The van der Waals surface area contributed by atoms with Crippen molar-refractivity contribution in [1.29, 1.82) is 0 Å². The zero-order chi connectivity index (χ0) is 20.9. The van der Waals surface area contributed by atoms with E-state index in [0.717, 1.165) is 52.6 Å². The molecule has 0 radical (unpaired) electrons. The van der Waals surface area contributed by atoms with Gasteiger partial charge in [0.1, 0.15) is 0 Å². The first kappa shape index (κ1) is 20.6. The Balaban J connectivity index is 1.28. The van der Waals surface area contributed by atoms with Gasteiger partial charge in [0.2, 0.25) is 11.8 Å². The third-order valence-electron chi connectivity index (χ3n) is 5.48. The molecule has 0 atom stereocenters. The van der Waals surface area contributed by atoms with E-state index in [1.807, 2.05) is 66.7 Å². The average molecular weight is 466 g/mol. The van der Waals surface area contributed by atoms with E-state index in [-0.39, 0.29) is 17.7 Å². The number of rotatable bonds is 5. The number of halogens is 1. The molecule has 154 valence electrons. The second-order valence-electron chi connectivity index (χ2n) is 7.62. The molecule has 2 amide bonds. The number of carbonyl (C=O) groups excluding carboxylic acids is 2. The summed E-state index contributed by atoms with van der Waals surface area (Å²) >= 11 is 3.42. The van der Waals surface area contributed by atoms with Gasteiger partial charge in [0.05, 0.1) is 6.54 Å². The molecule has 0 bridgehead atoms. The smallest absolute Gasteiger partial charge is 0.238 e. The van der Waals surface area contributed by atoms with E-state index in [1.54, 1.807) is 0 Å². The molecule has 1 saturated heterocycles. The molecule has 0 aliphatic carbocycles. The van der Waals surface area contributed by atoms with Crippen molar-refractivity contribution in [2.75, 3.05) is 30.3 Å². The number of fused-ring (bicyclic) bond motifs is 1. The summed E-state index contributed by atoms with van der Waals surface area (Å²) in [5.41, 5.74) is 1.63. The quantitative estimate of drug-likeness (QED) is 0.563. The molecule has 1 aliphatic rings. The minimum absolute atomic E-state index is 0.0246. The van der Waals surface area contributed by atoms with E-state index in [9.17, 15) is 9.59 Å². The van der Waals surface area contributed by atoms with Crippen LogP contribution in [0.3, 0.4) is 0 Å². The Labute approximate surface area is 184 Å². The lowest BCUT2D eigenvalue weighted by atomic mass is 9.96. The first-order valence-electron chi connectivity index (χ1n) is 10.1. The molecular formula is C24H24BrN3O2. The zero-order valence-corrected chi connectivity index (χ0v) is 18.2. The van der Waals surface area contributed by atoms with E-state index in [2.05, 4.69) is 31.5 Å². The van der Waals surface area contributed by atoms with Crippen LogP contribution in [0.2, 0.25) is 0 Å². The molecule has 1 heterocycles. The highest BCUT2D eigenvalue weighted by atomic mass is 79.9. The Kier molecular flexibility index (Phi) is 6.45. The van der Waals surface area contributed by atoms with Gasteiger partial charge in [-0.25, -0.2) is 0 Å². The predicted molar refractivity (Wildman–Crippen MR) is 125 cm³/mol. The van der Waals surface area contributed by atoms with E-state index in [4.69, 9.17) is 0 Å². The number of hydrogen-bond donors (Lipinski definition) is 2. The van der Waals surface area contributed by atoms with E-state index in [0.29, 0.717) is 6.54 Å². The number of nitrogens with zero attached hydrogens (tertiary/aromatic N) is 1. The summed E-state index contributed by atoms with van der Waals surface area (Å²) in [5.74, 6) is -0.00212. The van der Waals surface area contributed by atoms with Crippen LogP contribution in [-0.2, 0) is 9.59 Å². The number of hydrogen-bond acceptors (Lipinski definition) is 3. The molecule has 4 rings (SSSR count). The summed E-state index contributed by atoms with van der Waals surface area (Å²) in [5, 5.41) is 8.17. The van der Waals surface area contributed by atoms with Crippen LogP contribution < -0.4 is 10.6 Å². The van der Waals surface area contributed by atoms with Crippen LogP contribution >= 0.6 is 15.9 Å². The molecule has 0 aromatic heterocycles. The van der Waals surface area contributed by atoms with Crippen molar-refractivity contribution < 1.29 is 9.59 Å². The van der Waals surface area contributed by atoms with Crippen molar-refractivity contribution in [2.24, 2.45) is 5.92 Å². The molecular weight excluding hydrogens is 442 g/mol. The summed E-state index contributed by atoms with van der Waals surface area (Å²) in [4.78, 5) is 27.2. The lowest BCUT2D eigenvalue weighted by Crippen LogP contribution is -2.41. The highest BCUT2D eigenvalue weighted by Crippen LogP contribution is 2.24. The molecule has 5 nitrogen and oxygen atoms in total. The highest BCUT2D eigenvalue weighted by molar-refractivity contribution is 9.10. The van der Waals surface area contributed by atoms with Crippen LogP contribution in [0.4, 0.5) is 11.4 Å². The van der Waals surface area contributed by atoms with Crippen LogP contribution in [0.15, 0.2) is 71.2 Å². The van der Waals surface area contributed by atoms with Crippen molar-refractivity contribution in [1.82, 2.24) is 4.90 Å². The maximum atomic E-state index is 12.6. The highest BCUT2D eigenvalue weighted by Gasteiger charge is 2.26. The van der Waals surface area contributed by atoms with Gasteiger partial charge in [0, 0.05) is 27.2 Å². The Morgan fingerprint density at radius 1 is 0.933 bits per heavy atom. The maximum absolute atomic E-state index is 12.6. The monoisotopic (exact) mass is 465 g/mol. The van der Waals surface area contributed by atoms with Gasteiger partial charge in [0.15, 0.2) is 0 Å². The van der Waals surface area contributed by atoms with Gasteiger partial charge in [-0.1, -0.05) is 58.4 Å². The molecule has 0 saturated carbocycles. The first-order valence-corrected chi connectivity index (χ1v) is 10.9. The summed E-state index contributed by atoms with van der Waals surface area (Å²) in [6.07, 6.45) is 1.50. The van der Waals surface area contributed by atoms with Crippen molar-refractivity contribution in [3.8, 4) is 0 Å². The summed E-state index contributed by atoms with van der Waals surface area (Å²) in [6.45, 7) is 1.81. The molecule has 6 heteroatoms. The molecule has 3 aromatic carbocycles. The SMILES string of the molecule is O=C(CN1CCC(C(=O)Nc2cccc(Br)c2)CC1)Nc1cccc2ccccc12. The third kappa shape index (κ3) is 5.07. The third-order valence-corrected chi connectivity index (χ3v) is 5.97. The van der Waals surface area contributed by atoms with Crippen molar-refractivity contribution in [2.45, 2.75) is 12.8 Å². The molecule has 0 unspecified atom stereocenters. The van der Waals surface area contributed by atoms with Gasteiger partial charge in [-0.15, -0.1) is 0 Å². The Morgan fingerprint density at radius 2 is 1.67 bits per heavy atom. The second-order valence-corrected chi connectivity index (χ2v) is 8.54. The van der Waals surface area contributed by atoms with Gasteiger partial charge in [0.25, 0.3) is 0 Å². The normalized spacial score (nSPS) is 15.1. The fourth-order valence-electron chi connectivity index (χ4n) is 3.89. The molecule has 0 spiro atoms. The van der Waals surface area contributed by atoms with Crippen molar-refractivity contribution in [3.63, 3.8) is 0 Å². The Morgan fingerprint density at radius 3 is 2.47 bits per heavy atom. The fraction of sp³-hybridized carbons (Fsp3) is 0.250. The van der Waals surface area contributed by atoms with E-state index < -0.39 is 0 Å². The summed E-state index contributed by atoms with van der Waals surface area (Å²) in [6, 6.07) is 21.5. The topological polar surface area (TPSA) is 61.4 Å². The zero-order valence-electron chi connectivity index (χ0n) is 16.6. The number of carbonyl (C=O) groups is 2. The largest absolute Gasteiger partial charge is 0.326 e.